The van der Waals surface area contributed by atoms with Crippen molar-refractivity contribution < 1.29 is 8.42 Å². The normalized spacial score (nSPS) is 16.3. The summed E-state index contributed by atoms with van der Waals surface area (Å²) in [5, 5.41) is 0. The van der Waals surface area contributed by atoms with Crippen LogP contribution >= 0.6 is 0 Å². The minimum atomic E-state index is -3.41. The molecule has 0 aliphatic carbocycles. The van der Waals surface area contributed by atoms with Gasteiger partial charge in [0, 0.05) is 32.7 Å². The van der Waals surface area contributed by atoms with Gasteiger partial charge in [-0.3, -0.25) is 4.90 Å². The minimum absolute atomic E-state index is 0.414. The summed E-state index contributed by atoms with van der Waals surface area (Å²) in [6.45, 7) is 5.65. The van der Waals surface area contributed by atoms with Gasteiger partial charge in [-0.05, 0) is 36.1 Å². The van der Waals surface area contributed by atoms with Gasteiger partial charge in [0.2, 0.25) is 10.0 Å². The molecule has 4 nitrogen and oxygen atoms in total. The first-order valence-corrected chi connectivity index (χ1v) is 12.6. The fraction of sp³-hybridized carbons (Fsp3) is 0.440. The Hall–Kier alpha value is -1.95. The van der Waals surface area contributed by atoms with E-state index in [1.807, 2.05) is 30.3 Å². The molecule has 0 aromatic heterocycles. The zero-order valence-electron chi connectivity index (χ0n) is 18.0. The van der Waals surface area contributed by atoms with E-state index in [9.17, 15) is 8.42 Å². The van der Waals surface area contributed by atoms with E-state index in [1.165, 1.54) is 36.8 Å². The molecule has 1 fully saturated rings. The van der Waals surface area contributed by atoms with Crippen molar-refractivity contribution in [1.29, 1.82) is 0 Å². The molecule has 0 radical (unpaired) electrons. The first-order valence-electron chi connectivity index (χ1n) is 11.1. The van der Waals surface area contributed by atoms with E-state index < -0.39 is 10.0 Å². The number of benzene rings is 2. The average Bonchev–Trinajstić information content (AvgIpc) is 2.78. The first-order chi connectivity index (χ1) is 14.6. The van der Waals surface area contributed by atoms with Crippen molar-refractivity contribution in [3.8, 4) is 0 Å². The fourth-order valence-electron chi connectivity index (χ4n) is 3.79. The molecule has 0 bridgehead atoms. The Bertz CT molecular complexity index is 885. The maximum atomic E-state index is 13.0. The lowest BCUT2D eigenvalue weighted by Crippen LogP contribution is -2.48. The summed E-state index contributed by atoms with van der Waals surface area (Å²) in [6, 6.07) is 17.7. The third-order valence-corrected chi connectivity index (χ3v) is 7.60. The van der Waals surface area contributed by atoms with Gasteiger partial charge in [-0.15, -0.1) is 0 Å². The summed E-state index contributed by atoms with van der Waals surface area (Å²) >= 11 is 0. The Kier molecular flexibility index (Phi) is 8.67. The number of aryl methyl sites for hydroxylation is 1. The molecular weight excluding hydrogens is 392 g/mol. The second-order valence-corrected chi connectivity index (χ2v) is 9.91. The third-order valence-electron chi connectivity index (χ3n) is 5.68. The highest BCUT2D eigenvalue weighted by atomic mass is 32.2. The van der Waals surface area contributed by atoms with E-state index in [2.05, 4.69) is 36.1 Å². The van der Waals surface area contributed by atoms with E-state index in [0.29, 0.717) is 18.0 Å². The largest absolute Gasteiger partial charge is 0.297 e. The van der Waals surface area contributed by atoms with Crippen LogP contribution in [0.1, 0.15) is 43.7 Å². The minimum Gasteiger partial charge on any atom is -0.297 e. The molecule has 1 saturated heterocycles. The van der Waals surface area contributed by atoms with Gasteiger partial charge in [-0.1, -0.05) is 80.8 Å². The topological polar surface area (TPSA) is 40.6 Å². The SMILES string of the molecule is CCCCCCc1ccc(S(=O)(=O)N2CCN(C/C=C/c3ccccc3)CC2)cc1. The Morgan fingerprint density at radius 2 is 1.57 bits per heavy atom. The molecule has 1 aliphatic heterocycles. The Morgan fingerprint density at radius 3 is 2.23 bits per heavy atom. The molecule has 1 heterocycles. The van der Waals surface area contributed by atoms with Crippen molar-refractivity contribution >= 4 is 16.1 Å². The molecule has 0 atom stereocenters. The van der Waals surface area contributed by atoms with Crippen LogP contribution in [0.25, 0.3) is 6.08 Å². The van der Waals surface area contributed by atoms with Crippen LogP contribution in [0.2, 0.25) is 0 Å². The van der Waals surface area contributed by atoms with Gasteiger partial charge in [0.15, 0.2) is 0 Å². The molecule has 0 unspecified atom stereocenters. The zero-order valence-corrected chi connectivity index (χ0v) is 18.9. The number of rotatable bonds is 10. The summed E-state index contributed by atoms with van der Waals surface area (Å²) in [7, 11) is -3.41. The van der Waals surface area contributed by atoms with Crippen molar-refractivity contribution in [2.24, 2.45) is 0 Å². The Balaban J connectivity index is 1.48. The zero-order chi connectivity index (χ0) is 21.2. The van der Waals surface area contributed by atoms with E-state index >= 15 is 0 Å². The van der Waals surface area contributed by atoms with Gasteiger partial charge in [-0.25, -0.2) is 8.42 Å². The molecule has 2 aromatic rings. The molecule has 0 saturated carbocycles. The molecule has 0 N–H and O–H groups in total. The summed E-state index contributed by atoms with van der Waals surface area (Å²) < 4.78 is 27.6. The summed E-state index contributed by atoms with van der Waals surface area (Å²) in [6.07, 6.45) is 10.2. The van der Waals surface area contributed by atoms with E-state index in [1.54, 1.807) is 16.4 Å². The molecule has 0 spiro atoms. The quantitative estimate of drug-likeness (QED) is 0.511. The van der Waals surface area contributed by atoms with Crippen LogP contribution in [-0.4, -0.2) is 50.3 Å². The van der Waals surface area contributed by atoms with E-state index in [4.69, 9.17) is 0 Å². The van der Waals surface area contributed by atoms with Gasteiger partial charge in [0.1, 0.15) is 0 Å². The van der Waals surface area contributed by atoms with Crippen molar-refractivity contribution in [2.75, 3.05) is 32.7 Å². The maximum Gasteiger partial charge on any atom is 0.243 e. The number of sulfonamides is 1. The van der Waals surface area contributed by atoms with Crippen molar-refractivity contribution in [2.45, 2.75) is 43.9 Å². The lowest BCUT2D eigenvalue weighted by atomic mass is 10.1. The van der Waals surface area contributed by atoms with Gasteiger partial charge < -0.3 is 0 Å². The number of piperazine rings is 1. The summed E-state index contributed by atoms with van der Waals surface area (Å²) in [5.74, 6) is 0. The van der Waals surface area contributed by atoms with E-state index in [0.717, 1.165) is 26.1 Å². The molecular formula is C25H34N2O2S. The maximum absolute atomic E-state index is 13.0. The molecule has 2 aromatic carbocycles. The predicted octanol–water partition coefficient (Wildman–Crippen LogP) is 4.83. The second kappa shape index (κ2) is 11.4. The summed E-state index contributed by atoms with van der Waals surface area (Å²) in [4.78, 5) is 2.71. The molecule has 162 valence electrons. The van der Waals surface area contributed by atoms with Gasteiger partial charge in [0.25, 0.3) is 0 Å². The van der Waals surface area contributed by atoms with Crippen LogP contribution in [0.4, 0.5) is 0 Å². The standard InChI is InChI=1S/C25H34N2O2S/c1-2-3-4-6-12-24-14-16-25(17-15-24)30(28,29)27-21-19-26(20-22-27)18-9-13-23-10-7-5-8-11-23/h5,7-11,13-17H,2-4,6,12,18-22H2,1H3/b13-9+. The van der Waals surface area contributed by atoms with Gasteiger partial charge in [-0.2, -0.15) is 4.31 Å². The van der Waals surface area contributed by atoms with E-state index in [-0.39, 0.29) is 0 Å². The average molecular weight is 427 g/mol. The van der Waals surface area contributed by atoms with Crippen LogP contribution < -0.4 is 0 Å². The van der Waals surface area contributed by atoms with Gasteiger partial charge >= 0.3 is 0 Å². The van der Waals surface area contributed by atoms with Crippen LogP contribution in [0.15, 0.2) is 65.6 Å². The van der Waals surface area contributed by atoms with Crippen molar-refractivity contribution in [3.63, 3.8) is 0 Å². The highest BCUT2D eigenvalue weighted by Gasteiger charge is 2.28. The van der Waals surface area contributed by atoms with Crippen LogP contribution in [0.3, 0.4) is 0 Å². The molecule has 3 rings (SSSR count). The Labute approximate surface area is 182 Å². The highest BCUT2D eigenvalue weighted by Crippen LogP contribution is 2.19. The van der Waals surface area contributed by atoms with Crippen molar-refractivity contribution in [1.82, 2.24) is 9.21 Å². The highest BCUT2D eigenvalue weighted by molar-refractivity contribution is 7.89. The third kappa shape index (κ3) is 6.53. The molecule has 5 heteroatoms. The number of unbranched alkanes of at least 4 members (excludes halogenated alkanes) is 3. The van der Waals surface area contributed by atoms with Crippen LogP contribution in [0.5, 0.6) is 0 Å². The smallest absolute Gasteiger partial charge is 0.243 e. The van der Waals surface area contributed by atoms with Crippen LogP contribution in [-0.2, 0) is 16.4 Å². The molecule has 30 heavy (non-hydrogen) atoms. The van der Waals surface area contributed by atoms with Crippen molar-refractivity contribution in [3.05, 3.63) is 71.8 Å². The number of hydrogen-bond donors (Lipinski definition) is 0. The Morgan fingerprint density at radius 1 is 0.867 bits per heavy atom. The predicted molar refractivity (Wildman–Crippen MR) is 125 cm³/mol. The lowest BCUT2D eigenvalue weighted by molar-refractivity contribution is 0.204. The first kappa shape index (κ1) is 22.7. The molecule has 1 aliphatic rings. The number of hydrogen-bond acceptors (Lipinski definition) is 3. The summed E-state index contributed by atoms with van der Waals surface area (Å²) in [5.41, 5.74) is 2.41. The lowest BCUT2D eigenvalue weighted by Gasteiger charge is -2.33. The second-order valence-electron chi connectivity index (χ2n) is 7.97. The monoisotopic (exact) mass is 426 g/mol. The van der Waals surface area contributed by atoms with Crippen LogP contribution in [0, 0.1) is 0 Å². The fourth-order valence-corrected chi connectivity index (χ4v) is 5.21. The molecule has 0 amide bonds. The number of nitrogens with zero attached hydrogens (tertiary/aromatic N) is 2. The van der Waals surface area contributed by atoms with Gasteiger partial charge in [0.05, 0.1) is 4.90 Å².